The lowest BCUT2D eigenvalue weighted by Crippen LogP contribution is -2.38. The van der Waals surface area contributed by atoms with Crippen molar-refractivity contribution >= 4 is 17.4 Å². The van der Waals surface area contributed by atoms with Gasteiger partial charge in [-0.15, -0.1) is 0 Å². The van der Waals surface area contributed by atoms with E-state index in [4.69, 9.17) is 4.74 Å². The maximum absolute atomic E-state index is 12.3. The van der Waals surface area contributed by atoms with Crippen molar-refractivity contribution in [3.63, 3.8) is 0 Å². The molecule has 0 unspecified atom stereocenters. The Morgan fingerprint density at radius 2 is 1.95 bits per heavy atom. The summed E-state index contributed by atoms with van der Waals surface area (Å²) in [5.41, 5.74) is 1.72. The van der Waals surface area contributed by atoms with Gasteiger partial charge in [-0.2, -0.15) is 0 Å². The highest BCUT2D eigenvalue weighted by molar-refractivity contribution is 5.97. The smallest absolute Gasteiger partial charge is 0.321 e. The molecular weight excluding hydrogens is 266 g/mol. The molecule has 1 N–H and O–H groups in total. The number of anilines is 2. The lowest BCUT2D eigenvalue weighted by molar-refractivity contribution is 0.247. The molecule has 5 nitrogen and oxygen atoms in total. The monoisotopic (exact) mass is 293 g/mol. The third-order valence-electron chi connectivity index (χ3n) is 3.38. The van der Waals surface area contributed by atoms with Crippen LogP contribution in [-0.4, -0.2) is 40.8 Å². The van der Waals surface area contributed by atoms with Crippen molar-refractivity contribution in [2.75, 3.05) is 44.6 Å². The highest BCUT2D eigenvalue weighted by Crippen LogP contribution is 2.36. The van der Waals surface area contributed by atoms with Gasteiger partial charge < -0.3 is 15.0 Å². The number of urea groups is 1. The molecule has 1 aromatic rings. The number of hydrogen-bond acceptors (Lipinski definition) is 3. The van der Waals surface area contributed by atoms with Crippen LogP contribution in [0, 0.1) is 0 Å². The Bertz CT molecular complexity index is 461. The first-order valence-corrected chi connectivity index (χ1v) is 7.38. The number of nitrogens with zero attached hydrogens (tertiary/aromatic N) is 2. The maximum atomic E-state index is 12.3. The van der Waals surface area contributed by atoms with Gasteiger partial charge in [-0.05, 0) is 18.6 Å². The molecule has 0 aliphatic carbocycles. The first kappa shape index (κ1) is 17.1. The van der Waals surface area contributed by atoms with Crippen LogP contribution in [0.3, 0.4) is 0 Å². The molecule has 0 aliphatic rings. The first-order valence-electron chi connectivity index (χ1n) is 7.38. The van der Waals surface area contributed by atoms with E-state index < -0.39 is 0 Å². The summed E-state index contributed by atoms with van der Waals surface area (Å²) in [7, 11) is 7.28. The van der Waals surface area contributed by atoms with E-state index in [9.17, 15) is 4.79 Å². The molecule has 21 heavy (non-hydrogen) atoms. The van der Waals surface area contributed by atoms with Crippen LogP contribution in [-0.2, 0) is 0 Å². The van der Waals surface area contributed by atoms with E-state index in [-0.39, 0.29) is 6.03 Å². The zero-order valence-corrected chi connectivity index (χ0v) is 13.8. The van der Waals surface area contributed by atoms with Crippen LogP contribution in [0.25, 0.3) is 0 Å². The summed E-state index contributed by atoms with van der Waals surface area (Å²) in [6.07, 6.45) is 3.27. The Labute approximate surface area is 127 Å². The summed E-state index contributed by atoms with van der Waals surface area (Å²) in [5.74, 6) is 0.687. The van der Waals surface area contributed by atoms with E-state index in [1.54, 1.807) is 19.1 Å². The van der Waals surface area contributed by atoms with Gasteiger partial charge >= 0.3 is 6.03 Å². The minimum Gasteiger partial charge on any atom is -0.494 e. The molecule has 0 bridgehead atoms. The molecule has 1 rings (SSSR count). The van der Waals surface area contributed by atoms with Gasteiger partial charge in [0.2, 0.25) is 0 Å². The number of carbonyl (C=O) groups is 1. The fourth-order valence-electron chi connectivity index (χ4n) is 2.16. The van der Waals surface area contributed by atoms with Gasteiger partial charge in [-0.25, -0.2) is 4.79 Å². The van der Waals surface area contributed by atoms with E-state index in [0.717, 1.165) is 30.6 Å². The second kappa shape index (κ2) is 8.39. The van der Waals surface area contributed by atoms with Crippen LogP contribution in [0.2, 0.25) is 0 Å². The molecule has 118 valence electrons. The predicted octanol–water partition coefficient (Wildman–Crippen LogP) is 3.10. The number of methoxy groups -OCH3 is 1. The Hall–Kier alpha value is -1.91. The van der Waals surface area contributed by atoms with E-state index in [2.05, 4.69) is 12.2 Å². The number of carbonyl (C=O) groups excluding carboxylic acids is 1. The lowest BCUT2D eigenvalue weighted by Gasteiger charge is -2.26. The van der Waals surface area contributed by atoms with Crippen molar-refractivity contribution in [1.82, 2.24) is 5.32 Å². The molecule has 0 aliphatic heterocycles. The standard InChI is InChI=1S/C16H27N3O2/c1-6-7-8-12-17-16(20)19(4)15-13(18(2)3)10-9-11-14(15)21-5/h9-11H,6-8,12H2,1-5H3,(H,17,20). The van der Waals surface area contributed by atoms with Gasteiger partial charge in [-0.3, -0.25) is 4.90 Å². The topological polar surface area (TPSA) is 44.8 Å². The molecule has 2 amide bonds. The summed E-state index contributed by atoms with van der Waals surface area (Å²) < 4.78 is 5.40. The molecule has 0 saturated carbocycles. The highest BCUT2D eigenvalue weighted by Gasteiger charge is 2.19. The zero-order chi connectivity index (χ0) is 15.8. The predicted molar refractivity (Wildman–Crippen MR) is 88.6 cm³/mol. The molecule has 0 heterocycles. The summed E-state index contributed by atoms with van der Waals surface area (Å²) >= 11 is 0. The average Bonchev–Trinajstić information content (AvgIpc) is 2.49. The fraction of sp³-hybridized carbons (Fsp3) is 0.562. The normalized spacial score (nSPS) is 10.1. The molecule has 0 spiro atoms. The van der Waals surface area contributed by atoms with Crippen molar-refractivity contribution in [3.05, 3.63) is 18.2 Å². The SMILES string of the molecule is CCCCCNC(=O)N(C)c1c(OC)cccc1N(C)C. The van der Waals surface area contributed by atoms with Gasteiger partial charge in [0.25, 0.3) is 0 Å². The molecule has 0 atom stereocenters. The number of amides is 2. The second-order valence-electron chi connectivity index (χ2n) is 5.22. The number of hydrogen-bond donors (Lipinski definition) is 1. The third-order valence-corrected chi connectivity index (χ3v) is 3.38. The number of unbranched alkanes of at least 4 members (excludes halogenated alkanes) is 2. The van der Waals surface area contributed by atoms with E-state index >= 15 is 0 Å². The quantitative estimate of drug-likeness (QED) is 0.786. The minimum absolute atomic E-state index is 0.112. The highest BCUT2D eigenvalue weighted by atomic mass is 16.5. The Morgan fingerprint density at radius 1 is 1.24 bits per heavy atom. The van der Waals surface area contributed by atoms with Crippen molar-refractivity contribution in [3.8, 4) is 5.75 Å². The average molecular weight is 293 g/mol. The van der Waals surface area contributed by atoms with Gasteiger partial charge in [0, 0.05) is 27.7 Å². The molecule has 0 fully saturated rings. The molecular formula is C16H27N3O2. The van der Waals surface area contributed by atoms with Crippen LogP contribution in [0.1, 0.15) is 26.2 Å². The number of ether oxygens (including phenoxy) is 1. The van der Waals surface area contributed by atoms with E-state index in [0.29, 0.717) is 12.3 Å². The molecule has 0 saturated heterocycles. The van der Waals surface area contributed by atoms with Crippen molar-refractivity contribution in [2.24, 2.45) is 0 Å². The van der Waals surface area contributed by atoms with E-state index in [1.165, 1.54) is 0 Å². The summed E-state index contributed by atoms with van der Waals surface area (Å²) in [4.78, 5) is 15.9. The Kier molecular flexibility index (Phi) is 6.85. The van der Waals surface area contributed by atoms with Crippen molar-refractivity contribution in [2.45, 2.75) is 26.2 Å². The van der Waals surface area contributed by atoms with Gasteiger partial charge in [0.05, 0.1) is 12.8 Å². The van der Waals surface area contributed by atoms with Gasteiger partial charge in [-0.1, -0.05) is 25.8 Å². The van der Waals surface area contributed by atoms with Crippen molar-refractivity contribution < 1.29 is 9.53 Å². The largest absolute Gasteiger partial charge is 0.494 e. The number of benzene rings is 1. The fourth-order valence-corrected chi connectivity index (χ4v) is 2.16. The molecule has 0 radical (unpaired) electrons. The van der Waals surface area contributed by atoms with Crippen LogP contribution in [0.15, 0.2) is 18.2 Å². The molecule has 0 aromatic heterocycles. The van der Waals surface area contributed by atoms with Crippen LogP contribution < -0.4 is 19.9 Å². The summed E-state index contributed by atoms with van der Waals surface area (Å²) in [5, 5.41) is 2.95. The molecule has 1 aromatic carbocycles. The maximum Gasteiger partial charge on any atom is 0.321 e. The van der Waals surface area contributed by atoms with E-state index in [1.807, 2.05) is 37.2 Å². The van der Waals surface area contributed by atoms with Crippen LogP contribution in [0.4, 0.5) is 16.2 Å². The first-order chi connectivity index (χ1) is 10.0. The lowest BCUT2D eigenvalue weighted by atomic mass is 10.2. The number of rotatable bonds is 7. The number of nitrogens with one attached hydrogen (secondary N) is 1. The minimum atomic E-state index is -0.112. The third kappa shape index (κ3) is 4.55. The zero-order valence-electron chi connectivity index (χ0n) is 13.8. The summed E-state index contributed by atoms with van der Waals surface area (Å²) in [6.45, 7) is 2.84. The van der Waals surface area contributed by atoms with Crippen molar-refractivity contribution in [1.29, 1.82) is 0 Å². The Morgan fingerprint density at radius 3 is 2.52 bits per heavy atom. The van der Waals surface area contributed by atoms with Gasteiger partial charge in [0.1, 0.15) is 11.4 Å². The summed E-state index contributed by atoms with van der Waals surface area (Å²) in [6, 6.07) is 5.64. The van der Waals surface area contributed by atoms with Crippen LogP contribution in [0.5, 0.6) is 5.75 Å². The Balaban J connectivity index is 2.89. The second-order valence-corrected chi connectivity index (χ2v) is 5.22. The van der Waals surface area contributed by atoms with Crippen LogP contribution >= 0.6 is 0 Å². The number of para-hydroxylation sites is 1. The molecule has 5 heteroatoms. The van der Waals surface area contributed by atoms with Gasteiger partial charge in [0.15, 0.2) is 0 Å².